The third kappa shape index (κ3) is 4.22. The molecule has 0 aromatic carbocycles. The van der Waals surface area contributed by atoms with Crippen LogP contribution in [0.2, 0.25) is 0 Å². The number of aromatic hydroxyl groups is 1. The normalized spacial score (nSPS) is 19.0. The van der Waals surface area contributed by atoms with Crippen molar-refractivity contribution in [1.29, 1.82) is 0 Å². The van der Waals surface area contributed by atoms with Crippen LogP contribution in [0.5, 0.6) is 5.75 Å². The Balaban J connectivity index is 1.78. The van der Waals surface area contributed by atoms with E-state index in [0.717, 1.165) is 18.4 Å². The van der Waals surface area contributed by atoms with Gasteiger partial charge in [-0.2, -0.15) is 0 Å². The fourth-order valence-corrected chi connectivity index (χ4v) is 2.23. The van der Waals surface area contributed by atoms with Gasteiger partial charge in [0.15, 0.2) is 0 Å². The average molecular weight is 277 g/mol. The van der Waals surface area contributed by atoms with Crippen molar-refractivity contribution in [2.45, 2.75) is 38.1 Å². The molecule has 108 valence electrons. The maximum atomic E-state index is 12.0. The van der Waals surface area contributed by atoms with Crippen molar-refractivity contribution < 1.29 is 14.7 Å². The van der Waals surface area contributed by atoms with Crippen molar-refractivity contribution in [3.05, 3.63) is 24.0 Å². The largest absolute Gasteiger partial charge is 0.506 e. The Hall–Kier alpha value is -2.11. The maximum Gasteiger partial charge on any atom is 0.242 e. The Kier molecular flexibility index (Phi) is 4.92. The molecule has 1 aromatic heterocycles. The van der Waals surface area contributed by atoms with Crippen molar-refractivity contribution in [1.82, 2.24) is 15.6 Å². The van der Waals surface area contributed by atoms with Crippen LogP contribution in [0.4, 0.5) is 0 Å². The number of amides is 2. The Morgan fingerprint density at radius 3 is 3.10 bits per heavy atom. The number of aromatic nitrogens is 1. The number of nitrogens with zero attached hydrogens (tertiary/aromatic N) is 1. The van der Waals surface area contributed by atoms with Gasteiger partial charge in [0.2, 0.25) is 11.8 Å². The highest BCUT2D eigenvalue weighted by Crippen LogP contribution is 2.10. The summed E-state index contributed by atoms with van der Waals surface area (Å²) in [6.07, 6.45) is 6.51. The van der Waals surface area contributed by atoms with E-state index in [1.807, 2.05) is 0 Å². The molecule has 2 amide bonds. The highest BCUT2D eigenvalue weighted by atomic mass is 16.3. The monoisotopic (exact) mass is 277 g/mol. The van der Waals surface area contributed by atoms with Gasteiger partial charge in [-0.3, -0.25) is 14.6 Å². The molecule has 1 saturated heterocycles. The summed E-state index contributed by atoms with van der Waals surface area (Å²) in [6.45, 7) is 0.455. The molecule has 1 aromatic rings. The first-order valence-corrected chi connectivity index (χ1v) is 6.85. The molecule has 1 fully saturated rings. The molecule has 1 aliphatic rings. The van der Waals surface area contributed by atoms with Gasteiger partial charge < -0.3 is 15.7 Å². The zero-order valence-electron chi connectivity index (χ0n) is 11.3. The Morgan fingerprint density at radius 1 is 1.45 bits per heavy atom. The summed E-state index contributed by atoms with van der Waals surface area (Å²) in [4.78, 5) is 27.2. The molecule has 0 spiro atoms. The van der Waals surface area contributed by atoms with Gasteiger partial charge in [-0.1, -0.05) is 6.42 Å². The van der Waals surface area contributed by atoms with Crippen molar-refractivity contribution in [2.75, 3.05) is 6.54 Å². The quantitative estimate of drug-likeness (QED) is 0.747. The second-order valence-electron chi connectivity index (χ2n) is 4.96. The predicted molar refractivity (Wildman–Crippen MR) is 73.0 cm³/mol. The second-order valence-corrected chi connectivity index (χ2v) is 4.96. The maximum absolute atomic E-state index is 12.0. The number of hydrogen-bond acceptors (Lipinski definition) is 4. The lowest BCUT2D eigenvalue weighted by Crippen LogP contribution is -2.46. The first-order valence-electron chi connectivity index (χ1n) is 6.85. The number of pyridine rings is 1. The molecule has 1 atom stereocenters. The average Bonchev–Trinajstić information content (AvgIpc) is 2.63. The molecule has 2 heterocycles. The molecular formula is C14H19N3O3. The first kappa shape index (κ1) is 14.3. The van der Waals surface area contributed by atoms with Gasteiger partial charge >= 0.3 is 0 Å². The molecule has 0 bridgehead atoms. The van der Waals surface area contributed by atoms with E-state index in [1.54, 1.807) is 12.3 Å². The second kappa shape index (κ2) is 6.88. The van der Waals surface area contributed by atoms with Gasteiger partial charge in [0.25, 0.3) is 0 Å². The Bertz CT molecular complexity index is 490. The van der Waals surface area contributed by atoms with Gasteiger partial charge in [-0.15, -0.1) is 0 Å². The third-order valence-electron chi connectivity index (χ3n) is 3.29. The minimum atomic E-state index is -0.424. The molecule has 6 heteroatoms. The van der Waals surface area contributed by atoms with E-state index in [-0.39, 0.29) is 17.6 Å². The van der Waals surface area contributed by atoms with Crippen LogP contribution in [-0.2, 0) is 16.0 Å². The highest BCUT2D eigenvalue weighted by molar-refractivity contribution is 5.87. The molecule has 0 radical (unpaired) electrons. The molecule has 1 aliphatic heterocycles. The van der Waals surface area contributed by atoms with Crippen molar-refractivity contribution in [3.63, 3.8) is 0 Å². The van der Waals surface area contributed by atoms with E-state index in [4.69, 9.17) is 0 Å². The molecule has 0 saturated carbocycles. The lowest BCUT2D eigenvalue weighted by Gasteiger charge is -2.15. The van der Waals surface area contributed by atoms with E-state index in [2.05, 4.69) is 15.6 Å². The van der Waals surface area contributed by atoms with Gasteiger partial charge in [0, 0.05) is 19.2 Å². The smallest absolute Gasteiger partial charge is 0.242 e. The number of carbonyl (C=O) groups is 2. The summed E-state index contributed by atoms with van der Waals surface area (Å²) in [5, 5.41) is 14.8. The molecule has 0 unspecified atom stereocenters. The van der Waals surface area contributed by atoms with Crippen LogP contribution in [0.25, 0.3) is 0 Å². The van der Waals surface area contributed by atoms with E-state index >= 15 is 0 Å². The molecule has 3 N–H and O–H groups in total. The Labute approximate surface area is 117 Å². The van der Waals surface area contributed by atoms with Crippen molar-refractivity contribution in [2.24, 2.45) is 0 Å². The van der Waals surface area contributed by atoms with Gasteiger partial charge in [0.1, 0.15) is 11.8 Å². The Morgan fingerprint density at radius 2 is 2.30 bits per heavy atom. The zero-order chi connectivity index (χ0) is 14.4. The third-order valence-corrected chi connectivity index (χ3v) is 3.29. The molecule has 6 nitrogen and oxygen atoms in total. The number of nitrogens with one attached hydrogen (secondary N) is 2. The van der Waals surface area contributed by atoms with E-state index in [9.17, 15) is 14.7 Å². The number of rotatable bonds is 4. The summed E-state index contributed by atoms with van der Waals surface area (Å²) in [6, 6.07) is 1.19. The lowest BCUT2D eigenvalue weighted by atomic mass is 10.1. The number of hydrogen-bond donors (Lipinski definition) is 3. The minimum absolute atomic E-state index is 0.0557. The first-order chi connectivity index (χ1) is 9.65. The summed E-state index contributed by atoms with van der Waals surface area (Å²) in [7, 11) is 0. The summed E-state index contributed by atoms with van der Waals surface area (Å²) in [5.41, 5.74) is 0.857. The molecule has 2 rings (SSSR count). The fraction of sp³-hybridized carbons (Fsp3) is 0.500. The van der Waals surface area contributed by atoms with Crippen LogP contribution in [-0.4, -0.2) is 34.5 Å². The SMILES string of the molecule is O=C1CCCC[C@H](C(=O)NCCc2cncc(O)c2)N1. The van der Waals surface area contributed by atoms with Crippen LogP contribution in [0, 0.1) is 0 Å². The van der Waals surface area contributed by atoms with Crippen LogP contribution in [0.1, 0.15) is 31.2 Å². The topological polar surface area (TPSA) is 91.3 Å². The van der Waals surface area contributed by atoms with E-state index < -0.39 is 6.04 Å². The van der Waals surface area contributed by atoms with Crippen molar-refractivity contribution in [3.8, 4) is 5.75 Å². The zero-order valence-corrected chi connectivity index (χ0v) is 11.3. The fourth-order valence-electron chi connectivity index (χ4n) is 2.23. The van der Waals surface area contributed by atoms with Gasteiger partial charge in [0.05, 0.1) is 6.20 Å². The minimum Gasteiger partial charge on any atom is -0.506 e. The van der Waals surface area contributed by atoms with E-state index in [0.29, 0.717) is 25.8 Å². The molecular weight excluding hydrogens is 258 g/mol. The van der Waals surface area contributed by atoms with Gasteiger partial charge in [-0.25, -0.2) is 0 Å². The lowest BCUT2D eigenvalue weighted by molar-refractivity contribution is -0.128. The number of carbonyl (C=O) groups excluding carboxylic acids is 2. The highest BCUT2D eigenvalue weighted by Gasteiger charge is 2.22. The van der Waals surface area contributed by atoms with Crippen LogP contribution in [0.3, 0.4) is 0 Å². The molecule has 20 heavy (non-hydrogen) atoms. The van der Waals surface area contributed by atoms with Crippen LogP contribution >= 0.6 is 0 Å². The summed E-state index contributed by atoms with van der Waals surface area (Å²) >= 11 is 0. The standard InChI is InChI=1S/C14H19N3O3/c18-11-7-10(8-15-9-11)5-6-16-14(20)12-3-1-2-4-13(19)17-12/h7-9,12,18H,1-6H2,(H,16,20)(H,17,19)/t12-/m1/s1. The van der Waals surface area contributed by atoms with E-state index in [1.165, 1.54) is 6.20 Å². The van der Waals surface area contributed by atoms with Crippen LogP contribution in [0.15, 0.2) is 18.5 Å². The summed E-state index contributed by atoms with van der Waals surface area (Å²) in [5.74, 6) is -0.0851. The molecule has 0 aliphatic carbocycles. The van der Waals surface area contributed by atoms with Crippen molar-refractivity contribution >= 4 is 11.8 Å². The summed E-state index contributed by atoms with van der Waals surface area (Å²) < 4.78 is 0. The predicted octanol–water partition coefficient (Wildman–Crippen LogP) is 0.505. The van der Waals surface area contributed by atoms with Crippen LogP contribution < -0.4 is 10.6 Å². The van der Waals surface area contributed by atoms with Gasteiger partial charge in [-0.05, 0) is 30.9 Å².